The van der Waals surface area contributed by atoms with Gasteiger partial charge in [0.05, 0.1) is 0 Å². The molecule has 2 aliphatic carbocycles. The molecule has 0 unspecified atom stereocenters. The second-order valence-corrected chi connectivity index (χ2v) is 8.55. The monoisotopic (exact) mass is 359 g/mol. The van der Waals surface area contributed by atoms with Crippen LogP contribution in [0.25, 0.3) is 0 Å². The molecule has 0 bridgehead atoms. The number of hydroxylamine groups is 1. The van der Waals surface area contributed by atoms with Gasteiger partial charge in [-0.05, 0) is 45.6 Å². The Labute approximate surface area is 155 Å². The number of hydrogen-bond acceptors (Lipinski definition) is 4. The molecule has 0 heterocycles. The zero-order valence-electron chi connectivity index (χ0n) is 15.8. The maximum Gasteiger partial charge on any atom is 0.410 e. The van der Waals surface area contributed by atoms with Crippen LogP contribution in [0.4, 0.5) is 4.79 Å². The van der Waals surface area contributed by atoms with Gasteiger partial charge in [-0.25, -0.2) is 4.79 Å². The lowest BCUT2D eigenvalue weighted by molar-refractivity contribution is 0.0105. The highest BCUT2D eigenvalue weighted by atomic mass is 16.6. The number of carbonyl (C=O) groups is 1. The van der Waals surface area contributed by atoms with Crippen LogP contribution < -0.4 is 5.48 Å². The molecule has 1 aromatic rings. The van der Waals surface area contributed by atoms with Crippen LogP contribution in [-0.2, 0) is 4.74 Å². The minimum atomic E-state index is -0.567. The van der Waals surface area contributed by atoms with Crippen LogP contribution in [-0.4, -0.2) is 40.2 Å². The molecule has 2 saturated carbocycles. The lowest BCUT2D eigenvalue weighted by Crippen LogP contribution is -2.54. The van der Waals surface area contributed by atoms with E-state index in [0.29, 0.717) is 12.5 Å². The van der Waals surface area contributed by atoms with Crippen LogP contribution >= 0.6 is 0 Å². The summed E-state index contributed by atoms with van der Waals surface area (Å²) in [4.78, 5) is 14.7. The first-order valence-corrected chi connectivity index (χ1v) is 9.29. The van der Waals surface area contributed by atoms with Gasteiger partial charge >= 0.3 is 6.09 Å². The van der Waals surface area contributed by atoms with Gasteiger partial charge in [-0.15, -0.1) is 0 Å². The highest BCUT2D eigenvalue weighted by molar-refractivity contribution is 5.86. The van der Waals surface area contributed by atoms with Gasteiger partial charge in [0.2, 0.25) is 0 Å². The molecule has 2 aliphatic rings. The van der Waals surface area contributed by atoms with Crippen molar-refractivity contribution in [2.24, 2.45) is 5.41 Å². The van der Waals surface area contributed by atoms with Crippen molar-refractivity contribution in [1.82, 2.24) is 10.4 Å². The van der Waals surface area contributed by atoms with Gasteiger partial charge in [0.15, 0.2) is 0 Å². The zero-order valence-corrected chi connectivity index (χ0v) is 15.8. The Bertz CT molecular complexity index is 665. The first-order valence-electron chi connectivity index (χ1n) is 9.29. The fourth-order valence-corrected chi connectivity index (χ4v) is 3.76. The molecule has 0 aromatic heterocycles. The van der Waals surface area contributed by atoms with E-state index in [4.69, 9.17) is 10.1 Å². The van der Waals surface area contributed by atoms with Crippen LogP contribution in [0.5, 0.6) is 0 Å². The minimum absolute atomic E-state index is 0.0798. The Kier molecular flexibility index (Phi) is 4.97. The molecule has 6 heteroatoms. The number of ether oxygens (including phenoxy) is 1. The summed E-state index contributed by atoms with van der Waals surface area (Å²) in [5.41, 5.74) is 2.17. The predicted molar refractivity (Wildman–Crippen MR) is 99.5 cm³/mol. The number of nitrogens with one attached hydrogen (secondary N) is 2. The Morgan fingerprint density at radius 2 is 2.00 bits per heavy atom. The average molecular weight is 359 g/mol. The summed E-state index contributed by atoms with van der Waals surface area (Å²) in [6, 6.07) is 10.3. The molecule has 1 aromatic carbocycles. The molecule has 3 rings (SSSR count). The smallest absolute Gasteiger partial charge is 0.410 e. The molecular formula is C20H29N3O3. The van der Waals surface area contributed by atoms with E-state index in [1.807, 2.05) is 44.5 Å². The van der Waals surface area contributed by atoms with Gasteiger partial charge in [-0.1, -0.05) is 36.8 Å². The van der Waals surface area contributed by atoms with Crippen LogP contribution in [0.15, 0.2) is 30.3 Å². The van der Waals surface area contributed by atoms with Gasteiger partial charge in [0.25, 0.3) is 0 Å². The molecular weight excluding hydrogens is 330 g/mol. The maximum absolute atomic E-state index is 12.9. The van der Waals surface area contributed by atoms with Gasteiger partial charge in [0.1, 0.15) is 11.4 Å². The van der Waals surface area contributed by atoms with Gasteiger partial charge in [0, 0.05) is 23.9 Å². The molecule has 1 amide bonds. The van der Waals surface area contributed by atoms with Gasteiger partial charge in [-0.3, -0.25) is 16.1 Å². The summed E-state index contributed by atoms with van der Waals surface area (Å²) in [5, 5.41) is 17.3. The zero-order chi connectivity index (χ0) is 18.9. The quantitative estimate of drug-likeness (QED) is 0.423. The SMILES string of the molecule is CC(C)(C)OC(=O)N(CC1(C(=N)NO)CCC1)[C@H]1C[C@@H]1c1ccccc1. The maximum atomic E-state index is 12.9. The Balaban J connectivity index is 1.79. The van der Waals surface area contributed by atoms with E-state index in [9.17, 15) is 10.0 Å². The van der Waals surface area contributed by atoms with Crippen molar-refractivity contribution in [2.75, 3.05) is 6.54 Å². The Hall–Kier alpha value is -2.08. The molecule has 0 aliphatic heterocycles. The van der Waals surface area contributed by atoms with Crippen LogP contribution in [0.3, 0.4) is 0 Å². The van der Waals surface area contributed by atoms with E-state index in [2.05, 4.69) is 12.1 Å². The predicted octanol–water partition coefficient (Wildman–Crippen LogP) is 3.91. The highest BCUT2D eigenvalue weighted by Gasteiger charge is 2.51. The summed E-state index contributed by atoms with van der Waals surface area (Å²) in [6.07, 6.45) is 3.15. The third-order valence-electron chi connectivity index (χ3n) is 5.44. The van der Waals surface area contributed by atoms with Crippen molar-refractivity contribution in [2.45, 2.75) is 64.0 Å². The molecule has 0 radical (unpaired) electrons. The number of nitrogens with zero attached hydrogens (tertiary/aromatic N) is 1. The molecule has 26 heavy (non-hydrogen) atoms. The van der Waals surface area contributed by atoms with Crippen LogP contribution in [0.1, 0.15) is 57.9 Å². The number of rotatable bonds is 5. The van der Waals surface area contributed by atoms with E-state index in [0.717, 1.165) is 25.7 Å². The fourth-order valence-electron chi connectivity index (χ4n) is 3.76. The van der Waals surface area contributed by atoms with Crippen LogP contribution in [0.2, 0.25) is 0 Å². The first kappa shape index (κ1) is 18.7. The third kappa shape index (κ3) is 3.85. The van der Waals surface area contributed by atoms with Gasteiger partial charge < -0.3 is 9.64 Å². The minimum Gasteiger partial charge on any atom is -0.444 e. The Morgan fingerprint density at radius 3 is 2.50 bits per heavy atom. The van der Waals surface area contributed by atoms with Crippen molar-refractivity contribution >= 4 is 11.9 Å². The summed E-state index contributed by atoms with van der Waals surface area (Å²) in [5.74, 6) is 0.395. The molecule has 142 valence electrons. The van der Waals surface area contributed by atoms with E-state index < -0.39 is 11.0 Å². The van der Waals surface area contributed by atoms with Crippen molar-refractivity contribution in [1.29, 1.82) is 5.41 Å². The average Bonchev–Trinajstić information content (AvgIpc) is 3.33. The number of amides is 1. The normalized spacial score (nSPS) is 23.5. The first-order chi connectivity index (χ1) is 12.3. The van der Waals surface area contributed by atoms with Crippen molar-refractivity contribution in [3.05, 3.63) is 35.9 Å². The highest BCUT2D eigenvalue weighted by Crippen LogP contribution is 2.49. The standard InChI is InChI=1S/C20H29N3O3/c1-19(2,3)26-18(24)23(13-20(10-7-11-20)17(21)22-25)16-12-15(16)14-8-5-4-6-9-14/h4-6,8-9,15-16,25H,7,10-13H2,1-3H3,(H2,21,22)/t15-,16+/m1/s1. The van der Waals surface area contributed by atoms with E-state index in [-0.39, 0.29) is 18.0 Å². The Morgan fingerprint density at radius 1 is 1.35 bits per heavy atom. The topological polar surface area (TPSA) is 85.7 Å². The molecule has 0 saturated heterocycles. The van der Waals surface area contributed by atoms with Crippen molar-refractivity contribution in [3.63, 3.8) is 0 Å². The summed E-state index contributed by atoms with van der Waals surface area (Å²) >= 11 is 0. The molecule has 3 N–H and O–H groups in total. The molecule has 2 fully saturated rings. The summed E-state index contributed by atoms with van der Waals surface area (Å²) in [6.45, 7) is 5.99. The fraction of sp³-hybridized carbons (Fsp3) is 0.600. The van der Waals surface area contributed by atoms with E-state index in [1.165, 1.54) is 5.56 Å². The molecule has 0 spiro atoms. The van der Waals surface area contributed by atoms with Gasteiger partial charge in [-0.2, -0.15) is 0 Å². The largest absolute Gasteiger partial charge is 0.444 e. The summed E-state index contributed by atoms with van der Waals surface area (Å²) < 4.78 is 5.65. The molecule has 6 nitrogen and oxygen atoms in total. The second kappa shape index (κ2) is 6.91. The lowest BCUT2D eigenvalue weighted by atomic mass is 9.67. The number of benzene rings is 1. The third-order valence-corrected chi connectivity index (χ3v) is 5.44. The summed E-state index contributed by atoms with van der Waals surface area (Å²) in [7, 11) is 0. The van der Waals surface area contributed by atoms with E-state index >= 15 is 0 Å². The van der Waals surface area contributed by atoms with Crippen molar-refractivity contribution in [3.8, 4) is 0 Å². The number of carbonyl (C=O) groups excluding carboxylic acids is 1. The van der Waals surface area contributed by atoms with Crippen LogP contribution in [0, 0.1) is 10.8 Å². The number of hydrogen-bond donors (Lipinski definition) is 3. The lowest BCUT2D eigenvalue weighted by Gasteiger charge is -2.44. The number of amidine groups is 1. The van der Waals surface area contributed by atoms with Crippen molar-refractivity contribution < 1.29 is 14.7 Å². The van der Waals surface area contributed by atoms with E-state index in [1.54, 1.807) is 4.90 Å². The second-order valence-electron chi connectivity index (χ2n) is 8.55. The molecule has 2 atom stereocenters.